The molecule has 0 bridgehead atoms. The molecule has 18 heavy (non-hydrogen) atoms. The van der Waals surface area contributed by atoms with E-state index in [1.165, 1.54) is 42.4 Å². The van der Waals surface area contributed by atoms with Gasteiger partial charge in [0, 0.05) is 13.0 Å². The normalized spacial score (nSPS) is 14.1. The lowest BCUT2D eigenvalue weighted by molar-refractivity contribution is -0.143. The molecule has 0 saturated carbocycles. The van der Waals surface area contributed by atoms with E-state index in [2.05, 4.69) is 18.2 Å². The van der Waals surface area contributed by atoms with Gasteiger partial charge >= 0.3 is 5.97 Å². The Morgan fingerprint density at radius 3 is 2.78 bits per heavy atom. The molecule has 0 radical (unpaired) electrons. The zero-order valence-corrected chi connectivity index (χ0v) is 10.8. The number of esters is 1. The molecule has 0 unspecified atom stereocenters. The Kier molecular flexibility index (Phi) is 4.76. The predicted molar refractivity (Wildman–Crippen MR) is 71.4 cm³/mol. The number of benzene rings is 1. The summed E-state index contributed by atoms with van der Waals surface area (Å²) in [6.45, 7) is 0.815. The Bertz CT molecular complexity index is 415. The van der Waals surface area contributed by atoms with Crippen molar-refractivity contribution in [1.82, 2.24) is 0 Å². The smallest absolute Gasteiger partial charge is 0.307 e. The summed E-state index contributed by atoms with van der Waals surface area (Å²) in [7, 11) is 0. The van der Waals surface area contributed by atoms with Gasteiger partial charge in [-0.1, -0.05) is 18.2 Å². The van der Waals surface area contributed by atoms with Crippen LogP contribution in [-0.2, 0) is 28.8 Å². The number of ether oxygens (including phenoxy) is 1. The second kappa shape index (κ2) is 6.55. The molecule has 1 aliphatic carbocycles. The quantitative estimate of drug-likeness (QED) is 0.810. The van der Waals surface area contributed by atoms with Gasteiger partial charge in [0.25, 0.3) is 0 Å². The van der Waals surface area contributed by atoms with Crippen molar-refractivity contribution in [2.24, 2.45) is 5.73 Å². The van der Waals surface area contributed by atoms with Gasteiger partial charge < -0.3 is 10.5 Å². The molecule has 3 heteroatoms. The van der Waals surface area contributed by atoms with Crippen molar-refractivity contribution in [2.75, 3.05) is 13.2 Å². The van der Waals surface area contributed by atoms with E-state index in [4.69, 9.17) is 10.5 Å². The molecule has 0 fully saturated rings. The monoisotopic (exact) mass is 247 g/mol. The molecule has 2 N–H and O–H groups in total. The van der Waals surface area contributed by atoms with Crippen LogP contribution in [0.3, 0.4) is 0 Å². The van der Waals surface area contributed by atoms with Crippen molar-refractivity contribution >= 4 is 5.97 Å². The van der Waals surface area contributed by atoms with Gasteiger partial charge in [-0.15, -0.1) is 0 Å². The lowest BCUT2D eigenvalue weighted by atomic mass is 9.90. The first-order valence-electron chi connectivity index (χ1n) is 6.76. The molecule has 3 nitrogen and oxygen atoms in total. The maximum atomic E-state index is 11.2. The van der Waals surface area contributed by atoms with Crippen molar-refractivity contribution in [3.05, 3.63) is 34.9 Å². The van der Waals surface area contributed by atoms with Gasteiger partial charge in [-0.25, -0.2) is 0 Å². The van der Waals surface area contributed by atoms with Crippen molar-refractivity contribution in [2.45, 2.75) is 38.5 Å². The predicted octanol–water partition coefficient (Wildman–Crippen LogP) is 2.00. The summed E-state index contributed by atoms with van der Waals surface area (Å²) in [6, 6.07) is 6.65. The maximum Gasteiger partial charge on any atom is 0.307 e. The van der Waals surface area contributed by atoms with E-state index >= 15 is 0 Å². The number of carbonyl (C=O) groups excluding carboxylic acids is 1. The van der Waals surface area contributed by atoms with Crippen LogP contribution in [0.2, 0.25) is 0 Å². The van der Waals surface area contributed by atoms with Gasteiger partial charge in [0.2, 0.25) is 0 Å². The fourth-order valence-electron chi connectivity index (χ4n) is 2.42. The average Bonchev–Trinajstić information content (AvgIpc) is 2.39. The van der Waals surface area contributed by atoms with E-state index in [9.17, 15) is 4.79 Å². The van der Waals surface area contributed by atoms with Crippen molar-refractivity contribution in [1.29, 1.82) is 0 Å². The highest BCUT2D eigenvalue weighted by Gasteiger charge is 2.09. The van der Waals surface area contributed by atoms with E-state index in [1.807, 2.05) is 0 Å². The number of hydrogen-bond acceptors (Lipinski definition) is 3. The van der Waals surface area contributed by atoms with Crippen LogP contribution in [0.1, 0.15) is 36.0 Å². The van der Waals surface area contributed by atoms with Gasteiger partial charge in [0.05, 0.1) is 13.0 Å². The minimum atomic E-state index is -0.199. The molecule has 0 aliphatic heterocycles. The Hall–Kier alpha value is -1.35. The van der Waals surface area contributed by atoms with E-state index in [0.717, 1.165) is 6.42 Å². The topological polar surface area (TPSA) is 52.3 Å². The Labute approximate surface area is 108 Å². The maximum absolute atomic E-state index is 11.2. The number of carbonyl (C=O) groups is 1. The lowest BCUT2D eigenvalue weighted by Crippen LogP contribution is -2.13. The average molecular weight is 247 g/mol. The van der Waals surface area contributed by atoms with Crippen molar-refractivity contribution in [3.8, 4) is 0 Å². The largest absolute Gasteiger partial charge is 0.465 e. The van der Waals surface area contributed by atoms with Gasteiger partial charge in [-0.2, -0.15) is 0 Å². The number of hydrogen-bond donors (Lipinski definition) is 1. The molecule has 2 rings (SSSR count). The summed E-state index contributed by atoms with van der Waals surface area (Å²) in [5, 5.41) is 0. The van der Waals surface area contributed by atoms with Crippen molar-refractivity contribution in [3.63, 3.8) is 0 Å². The third-order valence-corrected chi connectivity index (χ3v) is 3.42. The van der Waals surface area contributed by atoms with Crippen LogP contribution >= 0.6 is 0 Å². The van der Waals surface area contributed by atoms with Crippen LogP contribution in [0.25, 0.3) is 0 Å². The minimum Gasteiger partial charge on any atom is -0.465 e. The fraction of sp³-hybridized carbons (Fsp3) is 0.533. The Morgan fingerprint density at radius 2 is 2.00 bits per heavy atom. The second-order valence-corrected chi connectivity index (χ2v) is 4.82. The fourth-order valence-corrected chi connectivity index (χ4v) is 2.42. The number of rotatable bonds is 5. The highest BCUT2D eigenvalue weighted by Crippen LogP contribution is 2.22. The zero-order chi connectivity index (χ0) is 12.8. The summed E-state index contributed by atoms with van der Waals surface area (Å²) in [5.41, 5.74) is 9.52. The molecule has 0 aromatic heterocycles. The second-order valence-electron chi connectivity index (χ2n) is 4.82. The number of nitrogens with two attached hydrogens (primary N) is 1. The first-order chi connectivity index (χ1) is 8.79. The summed E-state index contributed by atoms with van der Waals surface area (Å²) in [5.74, 6) is -0.199. The summed E-state index contributed by atoms with van der Waals surface area (Å²) in [6.07, 6.45) is 6.11. The highest BCUT2D eigenvalue weighted by atomic mass is 16.5. The molecular formula is C15H21NO2. The molecule has 1 aromatic carbocycles. The first-order valence-corrected chi connectivity index (χ1v) is 6.76. The van der Waals surface area contributed by atoms with Crippen LogP contribution in [0, 0.1) is 0 Å². The van der Waals surface area contributed by atoms with Gasteiger partial charge in [0.15, 0.2) is 0 Å². The minimum absolute atomic E-state index is 0.199. The van der Waals surface area contributed by atoms with E-state index in [-0.39, 0.29) is 5.97 Å². The van der Waals surface area contributed by atoms with Gasteiger partial charge in [-0.3, -0.25) is 4.79 Å². The standard InChI is InChI=1S/C15H21NO2/c16-9-7-15(17)18-10-8-12-5-6-13-3-1-2-4-14(13)11-12/h5-6,11H,1-4,7-10,16H2. The molecule has 0 saturated heterocycles. The molecular weight excluding hydrogens is 226 g/mol. The van der Waals surface area contributed by atoms with Crippen LogP contribution < -0.4 is 5.73 Å². The molecule has 0 spiro atoms. The molecule has 1 aliphatic rings. The third-order valence-electron chi connectivity index (χ3n) is 3.42. The molecule has 1 aromatic rings. The third kappa shape index (κ3) is 3.57. The van der Waals surface area contributed by atoms with E-state index < -0.39 is 0 Å². The SMILES string of the molecule is NCCC(=O)OCCc1ccc2c(c1)CCCC2. The van der Waals surface area contributed by atoms with Crippen molar-refractivity contribution < 1.29 is 9.53 Å². The summed E-state index contributed by atoms with van der Waals surface area (Å²) >= 11 is 0. The van der Waals surface area contributed by atoms with Crippen LogP contribution in [0.5, 0.6) is 0 Å². The number of fused-ring (bicyclic) bond motifs is 1. The number of aryl methyl sites for hydroxylation is 2. The first kappa shape index (κ1) is 13.1. The summed E-state index contributed by atoms with van der Waals surface area (Å²) < 4.78 is 5.11. The van der Waals surface area contributed by atoms with Crippen LogP contribution in [0.15, 0.2) is 18.2 Å². The van der Waals surface area contributed by atoms with Crippen LogP contribution in [0.4, 0.5) is 0 Å². The summed E-state index contributed by atoms with van der Waals surface area (Å²) in [4.78, 5) is 11.2. The molecule has 0 amide bonds. The van der Waals surface area contributed by atoms with E-state index in [1.54, 1.807) is 0 Å². The van der Waals surface area contributed by atoms with Crippen LogP contribution in [-0.4, -0.2) is 19.1 Å². The molecule has 98 valence electrons. The van der Waals surface area contributed by atoms with Gasteiger partial charge in [0.1, 0.15) is 0 Å². The lowest BCUT2D eigenvalue weighted by Gasteiger charge is -2.16. The van der Waals surface area contributed by atoms with Gasteiger partial charge in [-0.05, 0) is 42.4 Å². The van der Waals surface area contributed by atoms with E-state index in [0.29, 0.717) is 19.6 Å². The molecule has 0 heterocycles. The Balaban J connectivity index is 1.84. The molecule has 0 atom stereocenters. The highest BCUT2D eigenvalue weighted by molar-refractivity contribution is 5.69. The zero-order valence-electron chi connectivity index (χ0n) is 10.8. The Morgan fingerprint density at radius 1 is 1.22 bits per heavy atom.